The van der Waals surface area contributed by atoms with Crippen LogP contribution in [0.5, 0.6) is 0 Å². The van der Waals surface area contributed by atoms with Gasteiger partial charge in [0.2, 0.25) is 5.95 Å². The molecule has 1 amide bonds. The zero-order valence-electron chi connectivity index (χ0n) is 17.2. The zero-order chi connectivity index (χ0) is 22.0. The predicted octanol–water partition coefficient (Wildman–Crippen LogP) is 2.36. The molecule has 31 heavy (non-hydrogen) atoms. The fourth-order valence-corrected chi connectivity index (χ4v) is 3.24. The summed E-state index contributed by atoms with van der Waals surface area (Å²) in [5, 5.41) is 17.1. The number of carbonyl (C=O) groups is 1. The lowest BCUT2D eigenvalue weighted by Crippen LogP contribution is -2.41. The van der Waals surface area contributed by atoms with Crippen molar-refractivity contribution in [3.8, 4) is 11.3 Å². The number of hydrogen-bond acceptors (Lipinski definition) is 7. The first-order chi connectivity index (χ1) is 14.8. The average Bonchev–Trinajstić information content (AvgIpc) is 3.17. The second-order valence-electron chi connectivity index (χ2n) is 7.90. The molecular formula is C21H23FN6O3. The molecule has 0 bridgehead atoms. The van der Waals surface area contributed by atoms with Gasteiger partial charge in [-0.2, -0.15) is 5.10 Å². The number of nitrogens with zero attached hydrogens (tertiary/aromatic N) is 5. The minimum Gasteiger partial charge on any atom is -0.389 e. The van der Waals surface area contributed by atoms with Crippen LogP contribution in [0.1, 0.15) is 13.8 Å². The lowest BCUT2D eigenvalue weighted by atomic mass is 10.1. The number of nitrogens with one attached hydrogen (secondary N) is 1. The van der Waals surface area contributed by atoms with Crippen molar-refractivity contribution >= 4 is 23.2 Å². The van der Waals surface area contributed by atoms with E-state index in [4.69, 9.17) is 4.74 Å². The van der Waals surface area contributed by atoms with E-state index in [1.54, 1.807) is 37.1 Å². The van der Waals surface area contributed by atoms with E-state index in [0.29, 0.717) is 24.4 Å². The number of aromatic nitrogens is 4. The third-order valence-electron chi connectivity index (χ3n) is 4.62. The van der Waals surface area contributed by atoms with E-state index < -0.39 is 11.4 Å². The van der Waals surface area contributed by atoms with E-state index >= 15 is 0 Å². The van der Waals surface area contributed by atoms with Crippen LogP contribution in [0.25, 0.3) is 11.3 Å². The second kappa shape index (κ2) is 8.40. The van der Waals surface area contributed by atoms with Gasteiger partial charge in [-0.3, -0.25) is 9.48 Å². The van der Waals surface area contributed by atoms with Crippen molar-refractivity contribution in [2.24, 2.45) is 0 Å². The fraction of sp³-hybridized carbons (Fsp3) is 0.333. The van der Waals surface area contributed by atoms with Gasteiger partial charge in [0.1, 0.15) is 12.3 Å². The first-order valence-corrected chi connectivity index (χ1v) is 9.81. The van der Waals surface area contributed by atoms with Crippen LogP contribution in [0.15, 0.2) is 42.9 Å². The summed E-state index contributed by atoms with van der Waals surface area (Å²) >= 11 is 0. The van der Waals surface area contributed by atoms with E-state index in [9.17, 15) is 14.3 Å². The fourth-order valence-electron chi connectivity index (χ4n) is 3.24. The zero-order valence-corrected chi connectivity index (χ0v) is 17.2. The number of aliphatic hydroxyl groups is 1. The summed E-state index contributed by atoms with van der Waals surface area (Å²) < 4.78 is 21.0. The Kier molecular flexibility index (Phi) is 5.66. The van der Waals surface area contributed by atoms with E-state index in [-0.39, 0.29) is 30.7 Å². The third kappa shape index (κ3) is 5.04. The highest BCUT2D eigenvalue weighted by Crippen LogP contribution is 2.24. The number of benzene rings is 1. The number of rotatable bonds is 6. The molecule has 0 atom stereocenters. The SMILES string of the molecule is CC(C)(O)Cn1cc(-c2nc(Nc3ccc(N4CCOCC4=O)cc3)ncc2F)cn1. The van der Waals surface area contributed by atoms with Gasteiger partial charge in [0.15, 0.2) is 5.82 Å². The van der Waals surface area contributed by atoms with Gasteiger partial charge in [0, 0.05) is 29.7 Å². The van der Waals surface area contributed by atoms with Crippen molar-refractivity contribution < 1.29 is 19.0 Å². The van der Waals surface area contributed by atoms with Gasteiger partial charge in [-0.15, -0.1) is 0 Å². The number of halogens is 1. The molecule has 1 saturated heterocycles. The molecule has 3 aromatic rings. The van der Waals surface area contributed by atoms with Gasteiger partial charge in [-0.25, -0.2) is 14.4 Å². The largest absolute Gasteiger partial charge is 0.389 e. The maximum atomic E-state index is 14.3. The van der Waals surface area contributed by atoms with Gasteiger partial charge < -0.3 is 20.1 Å². The van der Waals surface area contributed by atoms with Crippen LogP contribution in [-0.2, 0) is 16.1 Å². The summed E-state index contributed by atoms with van der Waals surface area (Å²) in [4.78, 5) is 21.9. The molecule has 0 aliphatic carbocycles. The van der Waals surface area contributed by atoms with E-state index in [2.05, 4.69) is 20.4 Å². The predicted molar refractivity (Wildman–Crippen MR) is 112 cm³/mol. The maximum Gasteiger partial charge on any atom is 0.253 e. The van der Waals surface area contributed by atoms with E-state index in [1.165, 1.54) is 10.9 Å². The Hall–Kier alpha value is -3.37. The third-order valence-corrected chi connectivity index (χ3v) is 4.62. The number of amides is 1. The van der Waals surface area contributed by atoms with Crippen molar-refractivity contribution in [2.45, 2.75) is 26.0 Å². The molecule has 3 heterocycles. The van der Waals surface area contributed by atoms with E-state index in [1.807, 2.05) is 12.1 Å². The molecule has 0 unspecified atom stereocenters. The Morgan fingerprint density at radius 2 is 2.03 bits per heavy atom. The molecule has 1 aliphatic rings. The summed E-state index contributed by atoms with van der Waals surface area (Å²) in [5.41, 5.74) is 1.11. The number of anilines is 3. The van der Waals surface area contributed by atoms with Crippen LogP contribution in [0.3, 0.4) is 0 Å². The van der Waals surface area contributed by atoms with Gasteiger partial charge in [-0.05, 0) is 38.1 Å². The van der Waals surface area contributed by atoms with Crippen LogP contribution >= 0.6 is 0 Å². The smallest absolute Gasteiger partial charge is 0.253 e. The number of ether oxygens (including phenoxy) is 1. The summed E-state index contributed by atoms with van der Waals surface area (Å²) in [6, 6.07) is 7.23. The summed E-state index contributed by atoms with van der Waals surface area (Å²) in [5.74, 6) is -0.431. The molecule has 2 aromatic heterocycles. The van der Waals surface area contributed by atoms with E-state index in [0.717, 1.165) is 11.9 Å². The molecule has 10 heteroatoms. The Morgan fingerprint density at radius 1 is 1.26 bits per heavy atom. The number of hydrogen-bond donors (Lipinski definition) is 2. The second-order valence-corrected chi connectivity index (χ2v) is 7.90. The van der Waals surface area contributed by atoms with Crippen molar-refractivity contribution in [2.75, 3.05) is 30.0 Å². The minimum absolute atomic E-state index is 0.0800. The topological polar surface area (TPSA) is 105 Å². The molecule has 0 radical (unpaired) electrons. The lowest BCUT2D eigenvalue weighted by molar-refractivity contribution is -0.125. The van der Waals surface area contributed by atoms with Crippen LogP contribution < -0.4 is 10.2 Å². The van der Waals surface area contributed by atoms with Gasteiger partial charge in [-0.1, -0.05) is 0 Å². The van der Waals surface area contributed by atoms with Crippen molar-refractivity contribution in [1.82, 2.24) is 19.7 Å². The summed E-state index contributed by atoms with van der Waals surface area (Å²) in [6.45, 7) is 4.70. The molecule has 4 rings (SSSR count). The van der Waals surface area contributed by atoms with Crippen LogP contribution in [0, 0.1) is 5.82 Å². The van der Waals surface area contributed by atoms with Gasteiger partial charge >= 0.3 is 0 Å². The van der Waals surface area contributed by atoms with Crippen LogP contribution in [-0.4, -0.2) is 56.1 Å². The molecule has 9 nitrogen and oxygen atoms in total. The highest BCUT2D eigenvalue weighted by Gasteiger charge is 2.20. The number of morpholine rings is 1. The van der Waals surface area contributed by atoms with Crippen molar-refractivity contribution in [3.63, 3.8) is 0 Å². The van der Waals surface area contributed by atoms with Crippen LogP contribution in [0.2, 0.25) is 0 Å². The Balaban J connectivity index is 1.50. The molecule has 2 N–H and O–H groups in total. The minimum atomic E-state index is -0.946. The Labute approximate surface area is 178 Å². The monoisotopic (exact) mass is 426 g/mol. The molecule has 1 aromatic carbocycles. The van der Waals surface area contributed by atoms with Gasteiger partial charge in [0.25, 0.3) is 5.91 Å². The lowest BCUT2D eigenvalue weighted by Gasteiger charge is -2.26. The molecule has 0 saturated carbocycles. The highest BCUT2D eigenvalue weighted by atomic mass is 19.1. The quantitative estimate of drug-likeness (QED) is 0.623. The first-order valence-electron chi connectivity index (χ1n) is 9.81. The molecule has 1 fully saturated rings. The standard InChI is InChI=1S/C21H23FN6O3/c1-21(2,30)13-27-11-14(9-24-27)19-17(22)10-23-20(26-19)25-15-3-5-16(6-4-15)28-7-8-31-12-18(28)29/h3-6,9-11,30H,7-8,12-13H2,1-2H3,(H,23,25,26). The average molecular weight is 426 g/mol. The maximum absolute atomic E-state index is 14.3. The van der Waals surface area contributed by atoms with Crippen molar-refractivity contribution in [3.05, 3.63) is 48.7 Å². The number of carbonyl (C=O) groups excluding carboxylic acids is 1. The normalized spacial score (nSPS) is 14.7. The Bertz CT molecular complexity index is 1080. The molecular weight excluding hydrogens is 403 g/mol. The van der Waals surface area contributed by atoms with Crippen LogP contribution in [0.4, 0.5) is 21.7 Å². The molecule has 162 valence electrons. The first kappa shape index (κ1) is 20.9. The summed E-state index contributed by atoms with van der Waals surface area (Å²) in [6.07, 6.45) is 4.22. The van der Waals surface area contributed by atoms with Gasteiger partial charge in [0.05, 0.1) is 31.1 Å². The highest BCUT2D eigenvalue weighted by molar-refractivity contribution is 5.95. The molecule has 1 aliphatic heterocycles. The Morgan fingerprint density at radius 3 is 2.74 bits per heavy atom. The van der Waals surface area contributed by atoms with Crippen molar-refractivity contribution in [1.29, 1.82) is 0 Å². The summed E-state index contributed by atoms with van der Waals surface area (Å²) in [7, 11) is 0. The molecule has 0 spiro atoms.